The molecular formula is C22H24N4O3. The molecule has 0 spiro atoms. The van der Waals surface area contributed by atoms with Crippen LogP contribution in [0.4, 0.5) is 17.2 Å². The van der Waals surface area contributed by atoms with E-state index in [2.05, 4.69) is 34.4 Å². The van der Waals surface area contributed by atoms with Gasteiger partial charge < -0.3 is 20.1 Å². The van der Waals surface area contributed by atoms with E-state index in [1.54, 1.807) is 32.4 Å². The van der Waals surface area contributed by atoms with Crippen molar-refractivity contribution in [3.05, 3.63) is 66.1 Å². The first-order chi connectivity index (χ1) is 14.0. The monoisotopic (exact) mass is 392 g/mol. The molecule has 0 radical (unpaired) electrons. The number of hydrogen-bond acceptors (Lipinski definition) is 6. The third kappa shape index (κ3) is 5.01. The average Bonchev–Trinajstić information content (AvgIpc) is 2.74. The number of anilines is 3. The highest BCUT2D eigenvalue weighted by Gasteiger charge is 2.11. The van der Waals surface area contributed by atoms with E-state index < -0.39 is 0 Å². The summed E-state index contributed by atoms with van der Waals surface area (Å²) in [5.74, 6) is 1.88. The van der Waals surface area contributed by atoms with Crippen LogP contribution >= 0.6 is 0 Å². The number of nitrogens with one attached hydrogen (secondary N) is 2. The van der Waals surface area contributed by atoms with E-state index >= 15 is 0 Å². The zero-order chi connectivity index (χ0) is 20.8. The van der Waals surface area contributed by atoms with E-state index in [9.17, 15) is 4.79 Å². The highest BCUT2D eigenvalue weighted by atomic mass is 16.5. The number of ether oxygens (including phenoxy) is 2. The molecule has 2 aromatic carbocycles. The Kier molecular flexibility index (Phi) is 6.29. The number of aromatic nitrogens is 2. The van der Waals surface area contributed by atoms with Gasteiger partial charge in [-0.1, -0.05) is 26.0 Å². The number of rotatable bonds is 7. The molecule has 0 fully saturated rings. The third-order valence-corrected chi connectivity index (χ3v) is 4.41. The number of benzene rings is 2. The molecular weight excluding hydrogens is 368 g/mol. The molecule has 150 valence electrons. The van der Waals surface area contributed by atoms with Crippen molar-refractivity contribution in [1.29, 1.82) is 0 Å². The van der Waals surface area contributed by atoms with Crippen LogP contribution in [-0.4, -0.2) is 30.1 Å². The molecule has 1 amide bonds. The maximum atomic E-state index is 12.6. The first-order valence-corrected chi connectivity index (χ1v) is 9.22. The molecule has 0 bridgehead atoms. The predicted molar refractivity (Wildman–Crippen MR) is 113 cm³/mol. The first kappa shape index (κ1) is 20.1. The van der Waals surface area contributed by atoms with Crippen molar-refractivity contribution >= 4 is 23.1 Å². The Morgan fingerprint density at radius 1 is 0.966 bits per heavy atom. The van der Waals surface area contributed by atoms with Crippen LogP contribution in [0.5, 0.6) is 11.5 Å². The standard InChI is InChI=1S/C22H24N4O3/c1-14(2)15-5-7-16(8-6-15)25-22(27)19-12-21(24-13-23-19)26-18-10-9-17(28-3)11-20(18)29-4/h5-14H,1-4H3,(H,25,27)(H,23,24,26). The zero-order valence-electron chi connectivity index (χ0n) is 16.9. The van der Waals surface area contributed by atoms with Crippen LogP contribution < -0.4 is 20.1 Å². The summed E-state index contributed by atoms with van der Waals surface area (Å²) in [6.07, 6.45) is 1.34. The van der Waals surface area contributed by atoms with E-state index in [0.29, 0.717) is 34.6 Å². The molecule has 0 atom stereocenters. The van der Waals surface area contributed by atoms with Crippen LogP contribution in [0.25, 0.3) is 0 Å². The fourth-order valence-electron chi connectivity index (χ4n) is 2.74. The molecule has 1 aromatic heterocycles. The number of hydrogen-bond donors (Lipinski definition) is 2. The van der Waals surface area contributed by atoms with E-state index in [1.807, 2.05) is 30.3 Å². The lowest BCUT2D eigenvalue weighted by atomic mass is 10.0. The molecule has 7 nitrogen and oxygen atoms in total. The summed E-state index contributed by atoms with van der Waals surface area (Å²) in [6, 6.07) is 14.7. The van der Waals surface area contributed by atoms with Crippen LogP contribution in [0.3, 0.4) is 0 Å². The molecule has 0 saturated carbocycles. The summed E-state index contributed by atoms with van der Waals surface area (Å²) in [5, 5.41) is 6.00. The molecule has 1 heterocycles. The van der Waals surface area contributed by atoms with Gasteiger partial charge in [0.25, 0.3) is 5.91 Å². The quantitative estimate of drug-likeness (QED) is 0.611. The van der Waals surface area contributed by atoms with E-state index in [1.165, 1.54) is 11.9 Å². The Hall–Kier alpha value is -3.61. The van der Waals surface area contributed by atoms with Crippen molar-refractivity contribution < 1.29 is 14.3 Å². The molecule has 0 unspecified atom stereocenters. The second-order valence-electron chi connectivity index (χ2n) is 6.71. The third-order valence-electron chi connectivity index (χ3n) is 4.41. The maximum absolute atomic E-state index is 12.6. The minimum absolute atomic E-state index is 0.253. The normalized spacial score (nSPS) is 10.5. The van der Waals surface area contributed by atoms with Gasteiger partial charge in [0.15, 0.2) is 0 Å². The number of nitrogens with zero attached hydrogens (tertiary/aromatic N) is 2. The second-order valence-corrected chi connectivity index (χ2v) is 6.71. The maximum Gasteiger partial charge on any atom is 0.274 e. The van der Waals surface area contributed by atoms with E-state index in [0.717, 1.165) is 0 Å². The van der Waals surface area contributed by atoms with Crippen LogP contribution in [0.15, 0.2) is 54.9 Å². The summed E-state index contributed by atoms with van der Waals surface area (Å²) in [4.78, 5) is 20.8. The molecule has 0 aliphatic heterocycles. The summed E-state index contributed by atoms with van der Waals surface area (Å²) in [6.45, 7) is 4.25. The second kappa shape index (κ2) is 9.05. The fraction of sp³-hybridized carbons (Fsp3) is 0.227. The van der Waals surface area contributed by atoms with Crippen molar-refractivity contribution in [3.8, 4) is 11.5 Å². The Morgan fingerprint density at radius 2 is 1.72 bits per heavy atom. The fourth-order valence-corrected chi connectivity index (χ4v) is 2.74. The van der Waals surface area contributed by atoms with Crippen molar-refractivity contribution in [2.75, 3.05) is 24.9 Å². The molecule has 7 heteroatoms. The van der Waals surface area contributed by atoms with Crippen molar-refractivity contribution in [3.63, 3.8) is 0 Å². The molecule has 0 aliphatic carbocycles. The minimum atomic E-state index is -0.311. The van der Waals surface area contributed by atoms with E-state index in [-0.39, 0.29) is 11.6 Å². The van der Waals surface area contributed by atoms with E-state index in [4.69, 9.17) is 9.47 Å². The van der Waals surface area contributed by atoms with Gasteiger partial charge in [-0.15, -0.1) is 0 Å². The lowest BCUT2D eigenvalue weighted by Gasteiger charge is -2.12. The highest BCUT2D eigenvalue weighted by molar-refractivity contribution is 6.03. The van der Waals surface area contributed by atoms with Gasteiger partial charge in [0, 0.05) is 17.8 Å². The van der Waals surface area contributed by atoms with Crippen LogP contribution in [0.2, 0.25) is 0 Å². The summed E-state index contributed by atoms with van der Waals surface area (Å²) in [7, 11) is 3.16. The Balaban J connectivity index is 1.74. The average molecular weight is 392 g/mol. The molecule has 29 heavy (non-hydrogen) atoms. The molecule has 0 saturated heterocycles. The minimum Gasteiger partial charge on any atom is -0.497 e. The molecule has 0 aliphatic rings. The van der Waals surface area contributed by atoms with Gasteiger partial charge in [0.05, 0.1) is 19.9 Å². The van der Waals surface area contributed by atoms with Gasteiger partial charge in [0.2, 0.25) is 0 Å². The number of carbonyl (C=O) groups excluding carboxylic acids is 1. The lowest BCUT2D eigenvalue weighted by molar-refractivity contribution is 0.102. The Labute approximate surface area is 170 Å². The molecule has 2 N–H and O–H groups in total. The highest BCUT2D eigenvalue weighted by Crippen LogP contribution is 2.31. The van der Waals surface area contributed by atoms with Gasteiger partial charge >= 0.3 is 0 Å². The SMILES string of the molecule is COc1ccc(Nc2cc(C(=O)Nc3ccc(C(C)C)cc3)ncn2)c(OC)c1. The van der Waals surface area contributed by atoms with Crippen molar-refractivity contribution in [2.45, 2.75) is 19.8 Å². The van der Waals surface area contributed by atoms with Gasteiger partial charge in [-0.25, -0.2) is 9.97 Å². The zero-order valence-corrected chi connectivity index (χ0v) is 16.9. The van der Waals surface area contributed by atoms with Crippen molar-refractivity contribution in [2.24, 2.45) is 0 Å². The summed E-state index contributed by atoms with van der Waals surface area (Å²) < 4.78 is 10.6. The predicted octanol–water partition coefficient (Wildman–Crippen LogP) is 4.61. The van der Waals surface area contributed by atoms with Gasteiger partial charge in [0.1, 0.15) is 29.3 Å². The van der Waals surface area contributed by atoms with Crippen LogP contribution in [-0.2, 0) is 0 Å². The molecule has 3 aromatic rings. The van der Waals surface area contributed by atoms with Gasteiger partial charge in [-0.3, -0.25) is 4.79 Å². The van der Waals surface area contributed by atoms with Crippen molar-refractivity contribution in [1.82, 2.24) is 9.97 Å². The Bertz CT molecular complexity index is 988. The molecule has 3 rings (SSSR count). The van der Waals surface area contributed by atoms with Crippen LogP contribution in [0, 0.1) is 0 Å². The van der Waals surface area contributed by atoms with Gasteiger partial charge in [-0.05, 0) is 35.7 Å². The smallest absolute Gasteiger partial charge is 0.274 e. The number of carbonyl (C=O) groups is 1. The summed E-state index contributed by atoms with van der Waals surface area (Å²) >= 11 is 0. The lowest BCUT2D eigenvalue weighted by Crippen LogP contribution is -2.14. The Morgan fingerprint density at radius 3 is 2.38 bits per heavy atom. The van der Waals surface area contributed by atoms with Gasteiger partial charge in [-0.2, -0.15) is 0 Å². The number of amides is 1. The first-order valence-electron chi connectivity index (χ1n) is 9.22. The summed E-state index contributed by atoms with van der Waals surface area (Å²) in [5.41, 5.74) is 2.87. The topological polar surface area (TPSA) is 85.4 Å². The van der Waals surface area contributed by atoms with Crippen LogP contribution in [0.1, 0.15) is 35.8 Å². The largest absolute Gasteiger partial charge is 0.497 e. The number of methoxy groups -OCH3 is 2.